The summed E-state index contributed by atoms with van der Waals surface area (Å²) in [6.45, 7) is 8.09. The molecule has 1 fully saturated rings. The standard InChI is InChI=1S/C28H38N4O2/c1-3-20(2)26-28(34)31-25-19-23(10-11-24(25)30-26)27(33)29-14-7-15-32-16-12-22(13-17-32)18-21-8-5-4-6-9-21/h4-6,8-11,19-20,22,26,30H,3,7,12-18H2,1-2H3,(H,29,33)(H,31,34). The Morgan fingerprint density at radius 2 is 1.88 bits per heavy atom. The topological polar surface area (TPSA) is 73.5 Å². The SMILES string of the molecule is CCC(C)C1Nc2ccc(C(=O)NCCCN3CCC(Cc4ccccc4)CC3)cc2NC1=O. The summed E-state index contributed by atoms with van der Waals surface area (Å²) in [5.74, 6) is 0.887. The second-order valence-corrected chi connectivity index (χ2v) is 9.84. The molecular weight excluding hydrogens is 424 g/mol. The number of carbonyl (C=O) groups is 2. The smallest absolute Gasteiger partial charge is 0.251 e. The van der Waals surface area contributed by atoms with Crippen molar-refractivity contribution in [2.45, 2.75) is 52.0 Å². The first-order chi connectivity index (χ1) is 16.5. The highest BCUT2D eigenvalue weighted by atomic mass is 16.2. The zero-order valence-corrected chi connectivity index (χ0v) is 20.5. The fourth-order valence-electron chi connectivity index (χ4n) is 4.96. The van der Waals surface area contributed by atoms with Crippen LogP contribution in [-0.2, 0) is 11.2 Å². The lowest BCUT2D eigenvalue weighted by molar-refractivity contribution is -0.118. The second kappa shape index (κ2) is 11.5. The molecule has 34 heavy (non-hydrogen) atoms. The van der Waals surface area contributed by atoms with Gasteiger partial charge in [0.15, 0.2) is 0 Å². The predicted octanol–water partition coefficient (Wildman–Crippen LogP) is 4.54. The van der Waals surface area contributed by atoms with Crippen molar-refractivity contribution in [3.05, 3.63) is 59.7 Å². The Balaban J connectivity index is 1.17. The van der Waals surface area contributed by atoms with E-state index in [0.29, 0.717) is 17.8 Å². The first kappa shape index (κ1) is 24.3. The van der Waals surface area contributed by atoms with Gasteiger partial charge in [0.2, 0.25) is 5.91 Å². The summed E-state index contributed by atoms with van der Waals surface area (Å²) >= 11 is 0. The minimum Gasteiger partial charge on any atom is -0.372 e. The summed E-state index contributed by atoms with van der Waals surface area (Å²) in [5, 5.41) is 9.32. The number of hydrogen-bond acceptors (Lipinski definition) is 4. The fraction of sp³-hybridized carbons (Fsp3) is 0.500. The van der Waals surface area contributed by atoms with Crippen LogP contribution in [0.4, 0.5) is 11.4 Å². The van der Waals surface area contributed by atoms with Gasteiger partial charge in [-0.25, -0.2) is 0 Å². The molecule has 2 aromatic carbocycles. The third kappa shape index (κ3) is 6.17. The van der Waals surface area contributed by atoms with Crippen molar-refractivity contribution in [1.82, 2.24) is 10.2 Å². The molecule has 0 aromatic heterocycles. The van der Waals surface area contributed by atoms with Crippen molar-refractivity contribution >= 4 is 23.2 Å². The Labute approximate surface area is 203 Å². The largest absolute Gasteiger partial charge is 0.372 e. The van der Waals surface area contributed by atoms with Crippen LogP contribution in [-0.4, -0.2) is 48.9 Å². The highest BCUT2D eigenvalue weighted by Gasteiger charge is 2.29. The van der Waals surface area contributed by atoms with Crippen molar-refractivity contribution in [2.24, 2.45) is 11.8 Å². The van der Waals surface area contributed by atoms with Gasteiger partial charge in [0.1, 0.15) is 6.04 Å². The van der Waals surface area contributed by atoms with E-state index in [1.54, 1.807) is 6.07 Å². The van der Waals surface area contributed by atoms with Gasteiger partial charge in [0, 0.05) is 12.1 Å². The van der Waals surface area contributed by atoms with Crippen LogP contribution in [0.25, 0.3) is 0 Å². The number of nitrogens with zero attached hydrogens (tertiary/aromatic N) is 1. The normalized spacial score (nSPS) is 19.6. The highest BCUT2D eigenvalue weighted by molar-refractivity contribution is 6.05. The number of amides is 2. The van der Waals surface area contributed by atoms with E-state index in [2.05, 4.69) is 65.0 Å². The van der Waals surface area contributed by atoms with Crippen LogP contribution in [0.2, 0.25) is 0 Å². The molecule has 2 aliphatic heterocycles. The first-order valence-corrected chi connectivity index (χ1v) is 12.8. The molecule has 2 amide bonds. The van der Waals surface area contributed by atoms with Crippen molar-refractivity contribution < 1.29 is 9.59 Å². The van der Waals surface area contributed by atoms with Crippen molar-refractivity contribution in [2.75, 3.05) is 36.8 Å². The molecular formula is C28H38N4O2. The average molecular weight is 463 g/mol. The van der Waals surface area contributed by atoms with Gasteiger partial charge in [0.25, 0.3) is 5.91 Å². The van der Waals surface area contributed by atoms with Crippen molar-refractivity contribution in [3.63, 3.8) is 0 Å². The number of hydrogen-bond donors (Lipinski definition) is 3. The maximum atomic E-state index is 12.6. The van der Waals surface area contributed by atoms with Crippen LogP contribution in [0.5, 0.6) is 0 Å². The lowest BCUT2D eigenvalue weighted by Gasteiger charge is -2.32. The van der Waals surface area contributed by atoms with Crippen LogP contribution in [0.1, 0.15) is 55.5 Å². The molecule has 1 saturated heterocycles. The molecule has 2 heterocycles. The monoisotopic (exact) mass is 462 g/mol. The van der Waals surface area contributed by atoms with E-state index in [9.17, 15) is 9.59 Å². The van der Waals surface area contributed by atoms with E-state index < -0.39 is 0 Å². The molecule has 2 aliphatic rings. The molecule has 0 spiro atoms. The zero-order chi connectivity index (χ0) is 23.9. The quantitative estimate of drug-likeness (QED) is 0.479. The van der Waals surface area contributed by atoms with Gasteiger partial charge >= 0.3 is 0 Å². The van der Waals surface area contributed by atoms with E-state index in [1.807, 2.05) is 12.1 Å². The highest BCUT2D eigenvalue weighted by Crippen LogP contribution is 2.30. The third-order valence-electron chi connectivity index (χ3n) is 7.36. The van der Waals surface area contributed by atoms with Crippen LogP contribution in [0, 0.1) is 11.8 Å². The lowest BCUT2D eigenvalue weighted by Crippen LogP contribution is -2.43. The summed E-state index contributed by atoms with van der Waals surface area (Å²) in [5.41, 5.74) is 3.56. The molecule has 2 aromatic rings. The number of rotatable bonds is 9. The Morgan fingerprint density at radius 1 is 1.12 bits per heavy atom. The van der Waals surface area contributed by atoms with E-state index in [1.165, 1.54) is 24.8 Å². The number of nitrogens with one attached hydrogen (secondary N) is 3. The fourth-order valence-corrected chi connectivity index (χ4v) is 4.96. The summed E-state index contributed by atoms with van der Waals surface area (Å²) in [4.78, 5) is 27.6. The Hall–Kier alpha value is -2.86. The molecule has 182 valence electrons. The molecule has 2 unspecified atom stereocenters. The van der Waals surface area contributed by atoms with E-state index >= 15 is 0 Å². The minimum atomic E-state index is -0.236. The number of carbonyl (C=O) groups excluding carboxylic acids is 2. The molecule has 0 aliphatic carbocycles. The van der Waals surface area contributed by atoms with Crippen LogP contribution >= 0.6 is 0 Å². The van der Waals surface area contributed by atoms with Crippen LogP contribution in [0.3, 0.4) is 0 Å². The van der Waals surface area contributed by atoms with Gasteiger partial charge in [0.05, 0.1) is 11.4 Å². The van der Waals surface area contributed by atoms with Gasteiger partial charge in [-0.15, -0.1) is 0 Å². The van der Waals surface area contributed by atoms with Crippen LogP contribution < -0.4 is 16.0 Å². The van der Waals surface area contributed by atoms with Gasteiger partial charge in [-0.05, 0) is 80.9 Å². The molecule has 6 heteroatoms. The predicted molar refractivity (Wildman–Crippen MR) is 138 cm³/mol. The first-order valence-electron chi connectivity index (χ1n) is 12.8. The number of fused-ring (bicyclic) bond motifs is 1. The summed E-state index contributed by atoms with van der Waals surface area (Å²) < 4.78 is 0. The summed E-state index contributed by atoms with van der Waals surface area (Å²) in [6, 6.07) is 16.0. The summed E-state index contributed by atoms with van der Waals surface area (Å²) in [7, 11) is 0. The van der Waals surface area contributed by atoms with Crippen LogP contribution in [0.15, 0.2) is 48.5 Å². The van der Waals surface area contributed by atoms with Crippen molar-refractivity contribution in [1.29, 1.82) is 0 Å². The Bertz CT molecular complexity index is 970. The van der Waals surface area contributed by atoms with E-state index in [-0.39, 0.29) is 23.8 Å². The molecule has 0 radical (unpaired) electrons. The Kier molecular flexibility index (Phi) is 8.22. The Morgan fingerprint density at radius 3 is 2.62 bits per heavy atom. The van der Waals surface area contributed by atoms with Gasteiger partial charge in [-0.2, -0.15) is 0 Å². The maximum absolute atomic E-state index is 12.6. The summed E-state index contributed by atoms with van der Waals surface area (Å²) in [6.07, 6.45) is 5.53. The average Bonchev–Trinajstić information content (AvgIpc) is 2.87. The van der Waals surface area contributed by atoms with E-state index in [4.69, 9.17) is 0 Å². The molecule has 2 atom stereocenters. The van der Waals surface area contributed by atoms with E-state index in [0.717, 1.165) is 44.1 Å². The molecule has 4 rings (SSSR count). The molecule has 0 saturated carbocycles. The zero-order valence-electron chi connectivity index (χ0n) is 20.5. The number of benzene rings is 2. The third-order valence-corrected chi connectivity index (χ3v) is 7.36. The van der Waals surface area contributed by atoms with Gasteiger partial charge < -0.3 is 20.9 Å². The van der Waals surface area contributed by atoms with Crippen molar-refractivity contribution in [3.8, 4) is 0 Å². The second-order valence-electron chi connectivity index (χ2n) is 9.84. The molecule has 0 bridgehead atoms. The molecule has 3 N–H and O–H groups in total. The lowest BCUT2D eigenvalue weighted by atomic mass is 9.90. The van der Waals surface area contributed by atoms with Gasteiger partial charge in [-0.1, -0.05) is 50.6 Å². The number of likely N-dealkylation sites (tertiary alicyclic amines) is 1. The van der Waals surface area contributed by atoms with Gasteiger partial charge in [-0.3, -0.25) is 9.59 Å². The molecule has 6 nitrogen and oxygen atoms in total. The number of anilines is 2. The number of piperidine rings is 1. The minimum absolute atomic E-state index is 0.0352. The maximum Gasteiger partial charge on any atom is 0.251 e.